The number of ether oxygens (including phenoxy) is 1. The predicted molar refractivity (Wildman–Crippen MR) is 109 cm³/mol. The van der Waals surface area contributed by atoms with Crippen LogP contribution in [-0.2, 0) is 10.0 Å². The summed E-state index contributed by atoms with van der Waals surface area (Å²) in [6, 6.07) is 13.1. The molecule has 6 nitrogen and oxygen atoms in total. The number of hydrogen-bond donors (Lipinski definition) is 0. The van der Waals surface area contributed by atoms with Gasteiger partial charge < -0.3 is 9.64 Å². The molecule has 0 radical (unpaired) electrons. The molecule has 7 heteroatoms. The quantitative estimate of drug-likeness (QED) is 0.769. The van der Waals surface area contributed by atoms with E-state index in [4.69, 9.17) is 4.74 Å². The van der Waals surface area contributed by atoms with Crippen molar-refractivity contribution in [1.29, 1.82) is 0 Å². The molecule has 0 saturated carbocycles. The minimum Gasteiger partial charge on any atom is -0.495 e. The van der Waals surface area contributed by atoms with Crippen LogP contribution in [0.5, 0.6) is 5.75 Å². The Balaban J connectivity index is 1.81. The van der Waals surface area contributed by atoms with E-state index < -0.39 is 10.0 Å². The number of likely N-dealkylation sites (tertiary alicyclic amines) is 1. The van der Waals surface area contributed by atoms with Crippen LogP contribution in [0, 0.1) is 5.92 Å². The van der Waals surface area contributed by atoms with E-state index in [1.165, 1.54) is 30.6 Å². The van der Waals surface area contributed by atoms with Gasteiger partial charge in [0.2, 0.25) is 0 Å². The van der Waals surface area contributed by atoms with Crippen molar-refractivity contribution >= 4 is 21.6 Å². The molecule has 0 N–H and O–H groups in total. The number of amides is 1. The molecule has 28 heavy (non-hydrogen) atoms. The van der Waals surface area contributed by atoms with Crippen molar-refractivity contribution in [3.05, 3.63) is 54.1 Å². The highest BCUT2D eigenvalue weighted by molar-refractivity contribution is 7.92. The third-order valence-electron chi connectivity index (χ3n) is 5.25. The summed E-state index contributed by atoms with van der Waals surface area (Å²) >= 11 is 0. The molecule has 1 fully saturated rings. The second-order valence-electron chi connectivity index (χ2n) is 7.14. The third-order valence-corrected chi connectivity index (χ3v) is 7.04. The monoisotopic (exact) mass is 402 g/mol. The first-order valence-corrected chi connectivity index (χ1v) is 10.8. The molecule has 0 atom stereocenters. The van der Waals surface area contributed by atoms with Gasteiger partial charge in [0.25, 0.3) is 15.9 Å². The highest BCUT2D eigenvalue weighted by Gasteiger charge is 2.25. The first-order chi connectivity index (χ1) is 13.3. The Bertz CT molecular complexity index is 933. The maximum atomic E-state index is 13.0. The fourth-order valence-corrected chi connectivity index (χ4v) is 4.55. The number of carbonyl (C=O) groups is 1. The lowest BCUT2D eigenvalue weighted by Gasteiger charge is -2.30. The zero-order valence-electron chi connectivity index (χ0n) is 16.5. The van der Waals surface area contributed by atoms with Gasteiger partial charge in [-0.2, -0.15) is 0 Å². The van der Waals surface area contributed by atoms with E-state index in [0.717, 1.165) is 25.9 Å². The van der Waals surface area contributed by atoms with Crippen molar-refractivity contribution in [1.82, 2.24) is 4.90 Å². The molecule has 1 saturated heterocycles. The molecule has 0 spiro atoms. The number of carbonyl (C=O) groups excluding carboxylic acids is 1. The molecule has 150 valence electrons. The van der Waals surface area contributed by atoms with Crippen LogP contribution in [0.3, 0.4) is 0 Å². The first-order valence-electron chi connectivity index (χ1n) is 9.36. The molecular formula is C21H26N2O4S. The maximum absolute atomic E-state index is 13.0. The molecular weight excluding hydrogens is 376 g/mol. The van der Waals surface area contributed by atoms with Crippen LogP contribution in [0.15, 0.2) is 53.4 Å². The van der Waals surface area contributed by atoms with Crippen molar-refractivity contribution in [3.8, 4) is 5.75 Å². The fraction of sp³-hybridized carbons (Fsp3) is 0.381. The zero-order valence-corrected chi connectivity index (χ0v) is 17.3. The van der Waals surface area contributed by atoms with Crippen LogP contribution < -0.4 is 9.04 Å². The van der Waals surface area contributed by atoms with E-state index in [9.17, 15) is 13.2 Å². The fourth-order valence-electron chi connectivity index (χ4n) is 3.34. The number of para-hydroxylation sites is 2. The van der Waals surface area contributed by atoms with Crippen molar-refractivity contribution in [3.63, 3.8) is 0 Å². The molecule has 0 unspecified atom stereocenters. The van der Waals surface area contributed by atoms with Crippen molar-refractivity contribution in [2.75, 3.05) is 31.6 Å². The van der Waals surface area contributed by atoms with E-state index in [2.05, 4.69) is 6.92 Å². The standard InChI is InChI=1S/C21H26N2O4S/c1-16-12-14-23(15-13-16)21(24)17-8-10-18(11-9-17)28(25,26)22(2)19-6-4-5-7-20(19)27-3/h4-11,16H,12-15H2,1-3H3. The van der Waals surface area contributed by atoms with Crippen molar-refractivity contribution in [2.24, 2.45) is 5.92 Å². The lowest BCUT2D eigenvalue weighted by atomic mass is 9.98. The predicted octanol–water partition coefficient (Wildman–Crippen LogP) is 3.39. The van der Waals surface area contributed by atoms with Crippen molar-refractivity contribution < 1.29 is 17.9 Å². The Labute approximate surface area is 166 Å². The summed E-state index contributed by atoms with van der Waals surface area (Å²) in [6.07, 6.45) is 2.00. The maximum Gasteiger partial charge on any atom is 0.264 e. The van der Waals surface area contributed by atoms with Crippen LogP contribution in [0.1, 0.15) is 30.1 Å². The second-order valence-corrected chi connectivity index (χ2v) is 9.11. The van der Waals surface area contributed by atoms with Gasteiger partial charge in [0.05, 0.1) is 17.7 Å². The van der Waals surface area contributed by atoms with Gasteiger partial charge in [-0.25, -0.2) is 8.42 Å². The summed E-state index contributed by atoms with van der Waals surface area (Å²) in [5, 5.41) is 0. The minimum atomic E-state index is -3.77. The summed E-state index contributed by atoms with van der Waals surface area (Å²) in [5.41, 5.74) is 0.959. The number of methoxy groups -OCH3 is 1. The van der Waals surface area contributed by atoms with Crippen LogP contribution in [0.2, 0.25) is 0 Å². The van der Waals surface area contributed by atoms with Crippen LogP contribution >= 0.6 is 0 Å². The molecule has 1 heterocycles. The summed E-state index contributed by atoms with van der Waals surface area (Å²) in [5.74, 6) is 1.07. The van der Waals surface area contributed by atoms with Gasteiger partial charge in [-0.05, 0) is 55.2 Å². The Kier molecular flexibility index (Phi) is 5.93. The van der Waals surface area contributed by atoms with E-state index in [-0.39, 0.29) is 10.8 Å². The molecule has 1 aliphatic rings. The summed E-state index contributed by atoms with van der Waals surface area (Å²) in [7, 11) is -0.783. The molecule has 0 aromatic heterocycles. The highest BCUT2D eigenvalue weighted by Crippen LogP contribution is 2.31. The summed E-state index contributed by atoms with van der Waals surface area (Å²) < 4.78 is 32.4. The van der Waals surface area contributed by atoms with Crippen LogP contribution in [-0.4, -0.2) is 46.5 Å². The summed E-state index contributed by atoms with van der Waals surface area (Å²) in [4.78, 5) is 14.6. The van der Waals surface area contributed by atoms with E-state index >= 15 is 0 Å². The van der Waals surface area contributed by atoms with Gasteiger partial charge in [-0.1, -0.05) is 19.1 Å². The number of hydrogen-bond acceptors (Lipinski definition) is 4. The van der Waals surface area contributed by atoms with E-state index in [0.29, 0.717) is 22.9 Å². The number of sulfonamides is 1. The lowest BCUT2D eigenvalue weighted by molar-refractivity contribution is 0.0697. The van der Waals surface area contributed by atoms with Crippen molar-refractivity contribution in [2.45, 2.75) is 24.7 Å². The molecule has 2 aromatic rings. The normalized spacial score (nSPS) is 15.3. The number of nitrogens with zero attached hydrogens (tertiary/aromatic N) is 2. The van der Waals surface area contributed by atoms with Gasteiger partial charge in [-0.3, -0.25) is 9.10 Å². The van der Waals surface area contributed by atoms with Gasteiger partial charge in [0, 0.05) is 25.7 Å². The van der Waals surface area contributed by atoms with Gasteiger partial charge >= 0.3 is 0 Å². The second kappa shape index (κ2) is 8.22. The van der Waals surface area contributed by atoms with E-state index in [1.54, 1.807) is 36.4 Å². The SMILES string of the molecule is COc1ccccc1N(C)S(=O)(=O)c1ccc(C(=O)N2CCC(C)CC2)cc1. The molecule has 3 rings (SSSR count). The average Bonchev–Trinajstić information content (AvgIpc) is 2.73. The molecule has 1 aliphatic heterocycles. The number of piperidine rings is 1. The third kappa shape index (κ3) is 3.99. The Morgan fingerprint density at radius 3 is 2.29 bits per heavy atom. The topological polar surface area (TPSA) is 66.9 Å². The first kappa shape index (κ1) is 20.2. The molecule has 2 aromatic carbocycles. The van der Waals surface area contributed by atoms with Gasteiger partial charge in [0.1, 0.15) is 5.75 Å². The number of rotatable bonds is 5. The van der Waals surface area contributed by atoms with Gasteiger partial charge in [-0.15, -0.1) is 0 Å². The highest BCUT2D eigenvalue weighted by atomic mass is 32.2. The van der Waals surface area contributed by atoms with Crippen LogP contribution in [0.4, 0.5) is 5.69 Å². The largest absolute Gasteiger partial charge is 0.495 e. The lowest BCUT2D eigenvalue weighted by Crippen LogP contribution is -2.37. The average molecular weight is 403 g/mol. The summed E-state index contributed by atoms with van der Waals surface area (Å²) in [6.45, 7) is 3.69. The van der Waals surface area contributed by atoms with Crippen LogP contribution in [0.25, 0.3) is 0 Å². The van der Waals surface area contributed by atoms with E-state index in [1.807, 2.05) is 4.90 Å². The molecule has 0 bridgehead atoms. The Morgan fingerprint density at radius 1 is 1.07 bits per heavy atom. The Hall–Kier alpha value is -2.54. The molecule has 1 amide bonds. The molecule has 0 aliphatic carbocycles. The number of anilines is 1. The van der Waals surface area contributed by atoms with Gasteiger partial charge in [0.15, 0.2) is 0 Å². The number of benzene rings is 2. The minimum absolute atomic E-state index is 0.0473. The zero-order chi connectivity index (χ0) is 20.3. The Morgan fingerprint density at radius 2 is 1.68 bits per heavy atom. The smallest absolute Gasteiger partial charge is 0.264 e.